The topological polar surface area (TPSA) is 18.5 Å². The third-order valence-electron chi connectivity index (χ3n) is 3.54. The lowest BCUT2D eigenvalue weighted by atomic mass is 9.96. The second kappa shape index (κ2) is 5.78. The highest BCUT2D eigenvalue weighted by Gasteiger charge is 2.28. The van der Waals surface area contributed by atoms with E-state index < -0.39 is 0 Å². The Morgan fingerprint density at radius 2 is 2.22 bits per heavy atom. The van der Waals surface area contributed by atoms with Crippen LogP contribution in [0.4, 0.5) is 4.39 Å². The molecule has 2 atom stereocenters. The molecule has 2 rings (SSSR count). The molecule has 0 amide bonds. The maximum absolute atomic E-state index is 13.4. The third kappa shape index (κ3) is 3.07. The summed E-state index contributed by atoms with van der Waals surface area (Å²) in [5, 5.41) is 3.54. The van der Waals surface area contributed by atoms with Gasteiger partial charge in [0, 0.05) is 25.7 Å². The van der Waals surface area contributed by atoms with Crippen LogP contribution in [0.2, 0.25) is 0 Å². The number of nitrogens with one attached hydrogen (secondary N) is 1. The number of hydrogen-bond acceptors (Lipinski definition) is 3. The molecule has 1 aliphatic rings. The Bertz CT molecular complexity index is 394. The molecule has 100 valence electrons. The highest BCUT2D eigenvalue weighted by molar-refractivity contribution is 5.22. The highest BCUT2D eigenvalue weighted by Crippen LogP contribution is 2.24. The number of benzene rings is 1. The van der Waals surface area contributed by atoms with Gasteiger partial charge in [-0.25, -0.2) is 4.39 Å². The van der Waals surface area contributed by atoms with Gasteiger partial charge in [0.1, 0.15) is 5.82 Å². The first-order valence-corrected chi connectivity index (χ1v) is 6.42. The van der Waals surface area contributed by atoms with Crippen LogP contribution in [-0.2, 0) is 0 Å². The molecule has 0 aromatic heterocycles. The van der Waals surface area contributed by atoms with E-state index in [0.29, 0.717) is 6.04 Å². The van der Waals surface area contributed by atoms with E-state index in [1.165, 1.54) is 6.07 Å². The van der Waals surface area contributed by atoms with Crippen LogP contribution in [0, 0.1) is 5.82 Å². The van der Waals surface area contributed by atoms with Gasteiger partial charge in [0.25, 0.3) is 0 Å². The first-order valence-electron chi connectivity index (χ1n) is 6.42. The molecule has 2 unspecified atom stereocenters. The lowest BCUT2D eigenvalue weighted by Gasteiger charge is -2.39. The van der Waals surface area contributed by atoms with Gasteiger partial charge in [-0.3, -0.25) is 0 Å². The lowest BCUT2D eigenvalue weighted by Crippen LogP contribution is -2.54. The zero-order chi connectivity index (χ0) is 13.1. The molecular weight excluding hydrogens is 229 g/mol. The van der Waals surface area contributed by atoms with Crippen molar-refractivity contribution in [1.82, 2.24) is 15.1 Å². The molecule has 3 nitrogen and oxygen atoms in total. The van der Waals surface area contributed by atoms with Crippen LogP contribution in [0.3, 0.4) is 0 Å². The average molecular weight is 251 g/mol. The molecule has 18 heavy (non-hydrogen) atoms. The van der Waals surface area contributed by atoms with E-state index in [2.05, 4.69) is 22.2 Å². The number of piperazine rings is 1. The van der Waals surface area contributed by atoms with Crippen LogP contribution in [0.15, 0.2) is 24.3 Å². The molecule has 1 aromatic rings. The predicted molar refractivity (Wildman–Crippen MR) is 72.1 cm³/mol. The molecule has 0 radical (unpaired) electrons. The molecule has 0 bridgehead atoms. The SMILES string of the molecule is CN1CCNC(C(c2cccc(F)c2)N(C)C)C1. The Labute approximate surface area is 109 Å². The van der Waals surface area contributed by atoms with Gasteiger partial charge in [-0.1, -0.05) is 12.1 Å². The van der Waals surface area contributed by atoms with Gasteiger partial charge >= 0.3 is 0 Å². The van der Waals surface area contributed by atoms with Gasteiger partial charge < -0.3 is 15.1 Å². The van der Waals surface area contributed by atoms with E-state index in [1.807, 2.05) is 20.2 Å². The summed E-state index contributed by atoms with van der Waals surface area (Å²) in [4.78, 5) is 4.47. The van der Waals surface area contributed by atoms with Gasteiger partial charge in [-0.05, 0) is 38.8 Å². The first-order chi connectivity index (χ1) is 8.58. The van der Waals surface area contributed by atoms with E-state index in [1.54, 1.807) is 12.1 Å². The molecule has 1 fully saturated rings. The Balaban J connectivity index is 2.22. The number of nitrogens with zero attached hydrogens (tertiary/aromatic N) is 2. The van der Waals surface area contributed by atoms with E-state index in [-0.39, 0.29) is 11.9 Å². The summed E-state index contributed by atoms with van der Waals surface area (Å²) in [6.45, 7) is 3.04. The molecule has 1 heterocycles. The maximum atomic E-state index is 13.4. The van der Waals surface area contributed by atoms with E-state index in [4.69, 9.17) is 0 Å². The Kier molecular flexibility index (Phi) is 4.32. The van der Waals surface area contributed by atoms with Crippen LogP contribution >= 0.6 is 0 Å². The third-order valence-corrected chi connectivity index (χ3v) is 3.54. The normalized spacial score (nSPS) is 23.3. The zero-order valence-electron chi connectivity index (χ0n) is 11.4. The van der Waals surface area contributed by atoms with Crippen LogP contribution in [0.5, 0.6) is 0 Å². The smallest absolute Gasteiger partial charge is 0.123 e. The molecule has 4 heteroatoms. The van der Waals surface area contributed by atoms with Gasteiger partial charge in [0.05, 0.1) is 6.04 Å². The molecule has 1 aliphatic heterocycles. The minimum atomic E-state index is -0.163. The molecule has 0 saturated carbocycles. The summed E-state index contributed by atoms with van der Waals surface area (Å²) in [5.41, 5.74) is 1.04. The summed E-state index contributed by atoms with van der Waals surface area (Å²) in [6.07, 6.45) is 0. The van der Waals surface area contributed by atoms with E-state index in [0.717, 1.165) is 25.2 Å². The van der Waals surface area contributed by atoms with Crippen molar-refractivity contribution in [1.29, 1.82) is 0 Å². The minimum absolute atomic E-state index is 0.163. The second-order valence-electron chi connectivity index (χ2n) is 5.29. The first kappa shape index (κ1) is 13.5. The van der Waals surface area contributed by atoms with Crippen LogP contribution in [0.25, 0.3) is 0 Å². The Morgan fingerprint density at radius 1 is 1.44 bits per heavy atom. The Hall–Kier alpha value is -0.970. The molecule has 1 aromatic carbocycles. The van der Waals surface area contributed by atoms with Gasteiger partial charge in [-0.15, -0.1) is 0 Å². The number of likely N-dealkylation sites (N-methyl/N-ethyl adjacent to an activating group) is 2. The quantitative estimate of drug-likeness (QED) is 0.874. The molecule has 1 N–H and O–H groups in total. The molecular formula is C14H22FN3. The molecule has 1 saturated heterocycles. The van der Waals surface area contributed by atoms with Gasteiger partial charge in [0.15, 0.2) is 0 Å². The predicted octanol–water partition coefficient (Wildman–Crippen LogP) is 1.33. The summed E-state index contributed by atoms with van der Waals surface area (Å²) in [5.74, 6) is -0.163. The Morgan fingerprint density at radius 3 is 2.83 bits per heavy atom. The van der Waals surface area contributed by atoms with Crippen molar-refractivity contribution in [2.24, 2.45) is 0 Å². The van der Waals surface area contributed by atoms with Crippen molar-refractivity contribution in [3.05, 3.63) is 35.6 Å². The van der Waals surface area contributed by atoms with Gasteiger partial charge in [-0.2, -0.15) is 0 Å². The van der Waals surface area contributed by atoms with Crippen molar-refractivity contribution in [3.63, 3.8) is 0 Å². The average Bonchev–Trinajstić information content (AvgIpc) is 2.28. The zero-order valence-corrected chi connectivity index (χ0v) is 11.4. The summed E-state index contributed by atoms with van der Waals surface area (Å²) in [7, 11) is 6.23. The lowest BCUT2D eigenvalue weighted by molar-refractivity contribution is 0.154. The van der Waals surface area contributed by atoms with Crippen LogP contribution in [-0.4, -0.2) is 56.6 Å². The standard InChI is InChI=1S/C14H22FN3/c1-17(2)14(11-5-4-6-12(15)9-11)13-10-18(3)8-7-16-13/h4-6,9,13-14,16H,7-8,10H2,1-3H3. The van der Waals surface area contributed by atoms with Crippen LogP contribution < -0.4 is 5.32 Å². The summed E-state index contributed by atoms with van der Waals surface area (Å²) >= 11 is 0. The summed E-state index contributed by atoms with van der Waals surface area (Å²) in [6, 6.07) is 7.46. The van der Waals surface area contributed by atoms with Crippen molar-refractivity contribution < 1.29 is 4.39 Å². The van der Waals surface area contributed by atoms with Crippen molar-refractivity contribution in [2.45, 2.75) is 12.1 Å². The van der Waals surface area contributed by atoms with Crippen molar-refractivity contribution in [2.75, 3.05) is 40.8 Å². The van der Waals surface area contributed by atoms with E-state index in [9.17, 15) is 4.39 Å². The van der Waals surface area contributed by atoms with Crippen LogP contribution in [0.1, 0.15) is 11.6 Å². The largest absolute Gasteiger partial charge is 0.310 e. The van der Waals surface area contributed by atoms with Crippen molar-refractivity contribution >= 4 is 0 Å². The summed E-state index contributed by atoms with van der Waals surface area (Å²) < 4.78 is 13.4. The molecule has 0 aliphatic carbocycles. The molecule has 0 spiro atoms. The monoisotopic (exact) mass is 251 g/mol. The number of rotatable bonds is 3. The van der Waals surface area contributed by atoms with Crippen molar-refractivity contribution in [3.8, 4) is 0 Å². The fraction of sp³-hybridized carbons (Fsp3) is 0.571. The fourth-order valence-corrected chi connectivity index (χ4v) is 2.72. The fourth-order valence-electron chi connectivity index (χ4n) is 2.72. The number of halogens is 1. The highest BCUT2D eigenvalue weighted by atomic mass is 19.1. The minimum Gasteiger partial charge on any atom is -0.310 e. The second-order valence-corrected chi connectivity index (χ2v) is 5.29. The van der Waals surface area contributed by atoms with E-state index >= 15 is 0 Å². The number of hydrogen-bond donors (Lipinski definition) is 1. The van der Waals surface area contributed by atoms with Gasteiger partial charge in [0.2, 0.25) is 0 Å². The maximum Gasteiger partial charge on any atom is 0.123 e.